The Morgan fingerprint density at radius 2 is 1.41 bits per heavy atom. The Hall–Kier alpha value is -0.573. The molecule has 0 aromatic rings. The van der Waals surface area contributed by atoms with Crippen LogP contribution < -0.4 is 0 Å². The van der Waals surface area contributed by atoms with Crippen LogP contribution in [0, 0.1) is 11.8 Å². The lowest BCUT2D eigenvalue weighted by Gasteiger charge is -2.18. The van der Waals surface area contributed by atoms with Crippen LogP contribution in [0.2, 0.25) is 0 Å². The fraction of sp³-hybridized carbons (Fsp3) is 0.842. The van der Waals surface area contributed by atoms with Crippen LogP contribution in [0.15, 0.2) is 12.2 Å². The molecule has 2 aliphatic carbocycles. The lowest BCUT2D eigenvalue weighted by atomic mass is 9.89. The molecular formula is C19H34O2Si. The van der Waals surface area contributed by atoms with E-state index < -0.39 is 8.90 Å². The average molecular weight is 323 g/mol. The van der Waals surface area contributed by atoms with Crippen LogP contribution in [0.4, 0.5) is 0 Å². The van der Waals surface area contributed by atoms with Crippen molar-refractivity contribution in [3.63, 3.8) is 0 Å². The second kappa shape index (κ2) is 11.0. The molecule has 2 nitrogen and oxygen atoms in total. The van der Waals surface area contributed by atoms with Gasteiger partial charge in [-0.15, -0.1) is 0 Å². The molecule has 0 N–H and O–H groups in total. The minimum atomic E-state index is -1.19. The lowest BCUT2D eigenvalue weighted by Crippen LogP contribution is -2.20. The average Bonchev–Trinajstić information content (AvgIpc) is 2.81. The largest absolute Gasteiger partial charge is 0.524 e. The van der Waals surface area contributed by atoms with Crippen LogP contribution >= 0.6 is 0 Å². The van der Waals surface area contributed by atoms with Gasteiger partial charge in [0.05, 0.1) is 13.2 Å². The predicted octanol–water partition coefficient (Wildman–Crippen LogP) is 5.02. The standard InChI is InChI=1S/C19H34O2Si/c1-2-20-22(17-19-13-6-3-4-7-14-19)21-16-10-15-18-11-8-5-9-12-18/h10,15,17-19H,2-9,11-14,16H2,1H3. The normalized spacial score (nSPS) is 22.7. The molecule has 0 unspecified atom stereocenters. The van der Waals surface area contributed by atoms with Crippen molar-refractivity contribution in [1.29, 1.82) is 0 Å². The van der Waals surface area contributed by atoms with Crippen molar-refractivity contribution in [1.82, 2.24) is 0 Å². The van der Waals surface area contributed by atoms with E-state index in [4.69, 9.17) is 8.85 Å². The topological polar surface area (TPSA) is 18.5 Å². The maximum atomic E-state index is 6.05. The number of rotatable bonds is 7. The Balaban J connectivity index is 1.75. The number of hydrogen-bond acceptors (Lipinski definition) is 2. The molecule has 126 valence electrons. The summed E-state index contributed by atoms with van der Waals surface area (Å²) in [5.41, 5.74) is 2.42. The van der Waals surface area contributed by atoms with Gasteiger partial charge in [0.1, 0.15) is 0 Å². The highest BCUT2D eigenvalue weighted by Crippen LogP contribution is 2.24. The first-order valence-electron chi connectivity index (χ1n) is 9.52. The van der Waals surface area contributed by atoms with Crippen molar-refractivity contribution in [2.75, 3.05) is 13.2 Å². The summed E-state index contributed by atoms with van der Waals surface area (Å²) in [5, 5.41) is 0. The van der Waals surface area contributed by atoms with Gasteiger partial charge in [0.25, 0.3) is 0 Å². The molecule has 22 heavy (non-hydrogen) atoms. The zero-order chi connectivity index (χ0) is 15.5. The lowest BCUT2D eigenvalue weighted by molar-refractivity contribution is 0.243. The maximum Gasteiger partial charge on any atom is 0.476 e. The van der Waals surface area contributed by atoms with Crippen molar-refractivity contribution in [2.45, 2.75) is 77.6 Å². The Bertz CT molecular complexity index is 337. The molecule has 2 saturated carbocycles. The smallest absolute Gasteiger partial charge is 0.476 e. The first-order valence-corrected chi connectivity index (χ1v) is 10.9. The molecule has 2 fully saturated rings. The van der Waals surface area contributed by atoms with Crippen LogP contribution in [0.1, 0.15) is 77.6 Å². The number of allylic oxidation sites excluding steroid dienone is 1. The highest BCUT2D eigenvalue weighted by atomic mass is 28.3. The molecule has 0 bridgehead atoms. The summed E-state index contributed by atoms with van der Waals surface area (Å²) in [7, 11) is -1.19. The van der Waals surface area contributed by atoms with E-state index in [1.165, 1.54) is 70.6 Å². The van der Waals surface area contributed by atoms with Gasteiger partial charge in [-0.1, -0.05) is 57.1 Å². The molecule has 0 aromatic heterocycles. The highest BCUT2D eigenvalue weighted by Gasteiger charge is 2.14. The highest BCUT2D eigenvalue weighted by molar-refractivity contribution is 6.54. The maximum absolute atomic E-state index is 6.05. The molecule has 0 aliphatic heterocycles. The van der Waals surface area contributed by atoms with Gasteiger partial charge in [0, 0.05) is 0 Å². The molecule has 0 saturated heterocycles. The third-order valence-electron chi connectivity index (χ3n) is 4.94. The van der Waals surface area contributed by atoms with Gasteiger partial charge in [0.15, 0.2) is 0 Å². The van der Waals surface area contributed by atoms with E-state index in [9.17, 15) is 0 Å². The quantitative estimate of drug-likeness (QED) is 0.372. The minimum Gasteiger partial charge on any atom is -0.524 e. The molecule has 0 amide bonds. The van der Waals surface area contributed by atoms with E-state index in [0.717, 1.165) is 25.0 Å². The molecule has 0 heterocycles. The fourth-order valence-corrected chi connectivity index (χ4v) is 5.19. The van der Waals surface area contributed by atoms with E-state index in [2.05, 4.69) is 24.7 Å². The molecule has 0 radical (unpaired) electrons. The van der Waals surface area contributed by atoms with Gasteiger partial charge in [-0.25, -0.2) is 0 Å². The van der Waals surface area contributed by atoms with Crippen molar-refractivity contribution >= 4 is 14.6 Å². The second-order valence-electron chi connectivity index (χ2n) is 6.81. The van der Waals surface area contributed by atoms with Crippen LogP contribution in [-0.2, 0) is 8.85 Å². The molecule has 2 aliphatic rings. The molecule has 0 atom stereocenters. The van der Waals surface area contributed by atoms with E-state index in [0.29, 0.717) is 0 Å². The number of hydrogen-bond donors (Lipinski definition) is 0. The van der Waals surface area contributed by atoms with Crippen LogP contribution in [-0.4, -0.2) is 27.8 Å². The predicted molar refractivity (Wildman–Crippen MR) is 96.3 cm³/mol. The molecule has 3 heteroatoms. The van der Waals surface area contributed by atoms with Crippen LogP contribution in [0.5, 0.6) is 0 Å². The summed E-state index contributed by atoms with van der Waals surface area (Å²) in [6.45, 7) is 3.57. The zero-order valence-electron chi connectivity index (χ0n) is 14.4. The Labute approximate surface area is 138 Å². The van der Waals surface area contributed by atoms with Gasteiger partial charge in [-0.2, -0.15) is 0 Å². The Morgan fingerprint density at radius 1 is 0.818 bits per heavy atom. The summed E-state index contributed by atoms with van der Waals surface area (Å²) < 4.78 is 11.9. The van der Waals surface area contributed by atoms with E-state index in [1.54, 1.807) is 0 Å². The van der Waals surface area contributed by atoms with Crippen LogP contribution in [0.25, 0.3) is 0 Å². The summed E-state index contributed by atoms with van der Waals surface area (Å²) in [6.07, 6.45) is 19.8. The first kappa shape index (κ1) is 17.8. The minimum absolute atomic E-state index is 0.727. The van der Waals surface area contributed by atoms with Crippen LogP contribution in [0.3, 0.4) is 0 Å². The van der Waals surface area contributed by atoms with E-state index in [1.807, 2.05) is 0 Å². The van der Waals surface area contributed by atoms with E-state index >= 15 is 0 Å². The third-order valence-corrected chi connectivity index (χ3v) is 6.71. The van der Waals surface area contributed by atoms with Crippen molar-refractivity contribution < 1.29 is 8.85 Å². The summed E-state index contributed by atoms with van der Waals surface area (Å²) in [6, 6.07) is 0. The van der Waals surface area contributed by atoms with Crippen molar-refractivity contribution in [2.24, 2.45) is 11.8 Å². The van der Waals surface area contributed by atoms with E-state index in [-0.39, 0.29) is 0 Å². The summed E-state index contributed by atoms with van der Waals surface area (Å²) in [5.74, 6) is 1.52. The zero-order valence-corrected chi connectivity index (χ0v) is 15.4. The molecule has 0 spiro atoms. The fourth-order valence-electron chi connectivity index (χ4n) is 3.66. The van der Waals surface area contributed by atoms with Gasteiger partial charge in [0.2, 0.25) is 0 Å². The second-order valence-corrected chi connectivity index (χ2v) is 8.36. The van der Waals surface area contributed by atoms with Gasteiger partial charge >= 0.3 is 8.90 Å². The third kappa shape index (κ3) is 7.13. The van der Waals surface area contributed by atoms with Gasteiger partial charge in [-0.05, 0) is 50.1 Å². The molecule has 0 aromatic carbocycles. The van der Waals surface area contributed by atoms with Crippen molar-refractivity contribution in [3.8, 4) is 0 Å². The molecular weight excluding hydrogens is 288 g/mol. The van der Waals surface area contributed by atoms with Crippen molar-refractivity contribution in [3.05, 3.63) is 12.2 Å². The Kier molecular flexibility index (Phi) is 8.92. The summed E-state index contributed by atoms with van der Waals surface area (Å²) >= 11 is 0. The van der Waals surface area contributed by atoms with Gasteiger partial charge in [-0.3, -0.25) is 0 Å². The summed E-state index contributed by atoms with van der Waals surface area (Å²) in [4.78, 5) is 0. The SMILES string of the molecule is CCO[Si](=CC1CCCCCC1)OCC=CC1CCCCC1. The molecule has 2 rings (SSSR count). The Morgan fingerprint density at radius 3 is 2.05 bits per heavy atom. The first-order chi connectivity index (χ1) is 10.9. The van der Waals surface area contributed by atoms with Gasteiger partial charge < -0.3 is 8.85 Å². The monoisotopic (exact) mass is 322 g/mol.